The predicted molar refractivity (Wildman–Crippen MR) is 77.8 cm³/mol. The van der Waals surface area contributed by atoms with Crippen molar-refractivity contribution in [2.45, 2.75) is 26.7 Å². The summed E-state index contributed by atoms with van der Waals surface area (Å²) in [6.45, 7) is 4.81. The second kappa shape index (κ2) is 5.45. The molecule has 0 N–H and O–H groups in total. The molecule has 0 radical (unpaired) electrons. The number of carbonyl (C=O) groups is 2. The molecule has 0 aromatic heterocycles. The number of hydrogen-bond acceptors (Lipinski definition) is 2. The van der Waals surface area contributed by atoms with E-state index in [1.54, 1.807) is 4.90 Å². The second-order valence-electron chi connectivity index (χ2n) is 5.64. The zero-order chi connectivity index (χ0) is 14.0. The van der Waals surface area contributed by atoms with E-state index in [0.717, 1.165) is 16.5 Å². The van der Waals surface area contributed by atoms with Crippen LogP contribution in [0.15, 0.2) is 28.7 Å². The van der Waals surface area contributed by atoms with E-state index >= 15 is 0 Å². The van der Waals surface area contributed by atoms with Gasteiger partial charge in [0.25, 0.3) is 0 Å². The van der Waals surface area contributed by atoms with Gasteiger partial charge in [-0.2, -0.15) is 0 Å². The number of benzene rings is 1. The number of rotatable bonds is 2. The molecule has 0 aliphatic carbocycles. The van der Waals surface area contributed by atoms with Crippen LogP contribution in [-0.4, -0.2) is 29.7 Å². The van der Waals surface area contributed by atoms with Gasteiger partial charge in [0, 0.05) is 16.4 Å². The maximum absolute atomic E-state index is 12.2. The van der Waals surface area contributed by atoms with Crippen LogP contribution >= 0.6 is 15.9 Å². The van der Waals surface area contributed by atoms with Crippen molar-refractivity contribution in [1.29, 1.82) is 0 Å². The van der Waals surface area contributed by atoms with Gasteiger partial charge in [-0.1, -0.05) is 48.0 Å². The third-order valence-corrected chi connectivity index (χ3v) is 4.52. The molecule has 1 aromatic rings. The van der Waals surface area contributed by atoms with Gasteiger partial charge in [-0.3, -0.25) is 9.59 Å². The highest BCUT2D eigenvalue weighted by Gasteiger charge is 2.35. The fraction of sp³-hybridized carbons (Fsp3) is 0.467. The first kappa shape index (κ1) is 14.3. The predicted octanol–water partition coefficient (Wildman–Crippen LogP) is 2.82. The molecule has 19 heavy (non-hydrogen) atoms. The van der Waals surface area contributed by atoms with E-state index in [1.165, 1.54) is 0 Å². The van der Waals surface area contributed by atoms with Crippen molar-refractivity contribution in [1.82, 2.24) is 4.90 Å². The Kier molecular flexibility index (Phi) is 4.09. The highest BCUT2D eigenvalue weighted by atomic mass is 79.9. The third-order valence-electron chi connectivity index (χ3n) is 3.75. The summed E-state index contributed by atoms with van der Waals surface area (Å²) in [6, 6.07) is 7.69. The molecule has 0 unspecified atom stereocenters. The molecule has 0 bridgehead atoms. The number of Topliss-reactive ketones (excluding diaryl/α,β-unsaturated/α-hetero) is 1. The number of hydrogen-bond donors (Lipinski definition) is 0. The standard InChI is InChI=1S/C15H18BrNO2/c1-15(2)7-8-17(10-13(15)18)14(19)9-11-5-3-4-6-12(11)16/h3-6H,7-10H2,1-2H3. The molecule has 3 nitrogen and oxygen atoms in total. The van der Waals surface area contributed by atoms with Crippen molar-refractivity contribution in [3.05, 3.63) is 34.3 Å². The van der Waals surface area contributed by atoms with E-state index in [4.69, 9.17) is 0 Å². The average Bonchev–Trinajstić information content (AvgIpc) is 2.35. The molecule has 0 atom stereocenters. The van der Waals surface area contributed by atoms with Gasteiger partial charge in [0.15, 0.2) is 5.78 Å². The maximum Gasteiger partial charge on any atom is 0.227 e. The highest BCUT2D eigenvalue weighted by Crippen LogP contribution is 2.27. The second-order valence-corrected chi connectivity index (χ2v) is 6.49. The van der Waals surface area contributed by atoms with Crippen molar-refractivity contribution < 1.29 is 9.59 Å². The van der Waals surface area contributed by atoms with Crippen molar-refractivity contribution in [3.8, 4) is 0 Å². The molecular weight excluding hydrogens is 306 g/mol. The summed E-state index contributed by atoms with van der Waals surface area (Å²) < 4.78 is 0.937. The number of ketones is 1. The zero-order valence-electron chi connectivity index (χ0n) is 11.3. The molecule has 1 aliphatic heterocycles. The smallest absolute Gasteiger partial charge is 0.227 e. The van der Waals surface area contributed by atoms with E-state index in [-0.39, 0.29) is 23.7 Å². The molecular formula is C15H18BrNO2. The van der Waals surface area contributed by atoms with Crippen LogP contribution in [0.4, 0.5) is 0 Å². The van der Waals surface area contributed by atoms with Gasteiger partial charge in [0.1, 0.15) is 0 Å². The van der Waals surface area contributed by atoms with Crippen LogP contribution < -0.4 is 0 Å². The molecule has 1 amide bonds. The molecule has 2 rings (SSSR count). The van der Waals surface area contributed by atoms with Crippen molar-refractivity contribution in [3.63, 3.8) is 0 Å². The van der Waals surface area contributed by atoms with Gasteiger partial charge in [-0.05, 0) is 18.1 Å². The summed E-state index contributed by atoms with van der Waals surface area (Å²) in [4.78, 5) is 25.8. The highest BCUT2D eigenvalue weighted by molar-refractivity contribution is 9.10. The Morgan fingerprint density at radius 2 is 2.05 bits per heavy atom. The quantitative estimate of drug-likeness (QED) is 0.839. The van der Waals surface area contributed by atoms with Crippen LogP contribution in [0.5, 0.6) is 0 Å². The normalized spacial score (nSPS) is 18.5. The Morgan fingerprint density at radius 3 is 2.68 bits per heavy atom. The lowest BCUT2D eigenvalue weighted by Gasteiger charge is -2.35. The van der Waals surface area contributed by atoms with Crippen LogP contribution in [-0.2, 0) is 16.0 Å². The molecule has 4 heteroatoms. The largest absolute Gasteiger partial charge is 0.335 e. The number of likely N-dealkylation sites (tertiary alicyclic amines) is 1. The minimum Gasteiger partial charge on any atom is -0.335 e. The Labute approximate surface area is 122 Å². The summed E-state index contributed by atoms with van der Waals surface area (Å²) >= 11 is 3.44. The third kappa shape index (κ3) is 3.24. The molecule has 1 saturated heterocycles. The Balaban J connectivity index is 2.02. The summed E-state index contributed by atoms with van der Waals surface area (Å²) in [5.41, 5.74) is 0.675. The summed E-state index contributed by atoms with van der Waals surface area (Å²) in [6.07, 6.45) is 1.09. The van der Waals surface area contributed by atoms with Gasteiger partial charge in [-0.25, -0.2) is 0 Å². The number of amides is 1. The van der Waals surface area contributed by atoms with E-state index < -0.39 is 0 Å². The van der Waals surface area contributed by atoms with Gasteiger partial charge in [0.2, 0.25) is 5.91 Å². The summed E-state index contributed by atoms with van der Waals surface area (Å²) in [7, 11) is 0. The molecule has 0 saturated carbocycles. The Bertz CT molecular complexity index is 511. The Morgan fingerprint density at radius 1 is 1.37 bits per heavy atom. The summed E-state index contributed by atoms with van der Waals surface area (Å²) in [5, 5.41) is 0. The average molecular weight is 324 g/mol. The van der Waals surface area contributed by atoms with Gasteiger partial charge in [0.05, 0.1) is 13.0 Å². The van der Waals surface area contributed by atoms with Crippen LogP contribution in [0.3, 0.4) is 0 Å². The lowest BCUT2D eigenvalue weighted by atomic mass is 9.81. The van der Waals surface area contributed by atoms with Crippen molar-refractivity contribution in [2.75, 3.05) is 13.1 Å². The van der Waals surface area contributed by atoms with E-state index in [0.29, 0.717) is 13.0 Å². The lowest BCUT2D eigenvalue weighted by Crippen LogP contribution is -2.48. The maximum atomic E-state index is 12.2. The fourth-order valence-electron chi connectivity index (χ4n) is 2.15. The lowest BCUT2D eigenvalue weighted by molar-refractivity contribution is -0.142. The number of piperidine rings is 1. The van der Waals surface area contributed by atoms with Crippen molar-refractivity contribution >= 4 is 27.6 Å². The van der Waals surface area contributed by atoms with Crippen LogP contribution in [0.25, 0.3) is 0 Å². The van der Waals surface area contributed by atoms with E-state index in [9.17, 15) is 9.59 Å². The SMILES string of the molecule is CC1(C)CCN(C(=O)Cc2ccccc2Br)CC1=O. The fourth-order valence-corrected chi connectivity index (χ4v) is 2.57. The molecule has 1 fully saturated rings. The number of carbonyl (C=O) groups excluding carboxylic acids is 2. The van der Waals surface area contributed by atoms with E-state index in [2.05, 4.69) is 15.9 Å². The van der Waals surface area contributed by atoms with Gasteiger partial charge < -0.3 is 4.90 Å². The molecule has 0 spiro atoms. The first-order chi connectivity index (χ1) is 8.90. The molecule has 102 valence electrons. The van der Waals surface area contributed by atoms with Crippen LogP contribution in [0.2, 0.25) is 0 Å². The van der Waals surface area contributed by atoms with Gasteiger partial charge in [-0.15, -0.1) is 0 Å². The zero-order valence-corrected chi connectivity index (χ0v) is 12.9. The number of nitrogens with zero attached hydrogens (tertiary/aromatic N) is 1. The Hall–Kier alpha value is -1.16. The van der Waals surface area contributed by atoms with Gasteiger partial charge >= 0.3 is 0 Å². The number of halogens is 1. The first-order valence-corrected chi connectivity index (χ1v) is 7.24. The molecule has 1 aliphatic rings. The topological polar surface area (TPSA) is 37.4 Å². The first-order valence-electron chi connectivity index (χ1n) is 6.44. The van der Waals surface area contributed by atoms with E-state index in [1.807, 2.05) is 38.1 Å². The van der Waals surface area contributed by atoms with Crippen LogP contribution in [0, 0.1) is 5.41 Å². The summed E-state index contributed by atoms with van der Waals surface area (Å²) in [5.74, 6) is 0.176. The van der Waals surface area contributed by atoms with Crippen LogP contribution in [0.1, 0.15) is 25.8 Å². The van der Waals surface area contributed by atoms with Crippen molar-refractivity contribution in [2.24, 2.45) is 5.41 Å². The minimum absolute atomic E-state index is 0.0238. The molecule has 1 aromatic carbocycles. The minimum atomic E-state index is -0.288. The monoisotopic (exact) mass is 323 g/mol. The molecule has 1 heterocycles.